The molecule has 0 unspecified atom stereocenters. The fourth-order valence-corrected chi connectivity index (χ4v) is 1.79. The van der Waals surface area contributed by atoms with Crippen LogP contribution >= 0.6 is 31.9 Å². The van der Waals surface area contributed by atoms with Gasteiger partial charge in [-0.2, -0.15) is 5.26 Å². The van der Waals surface area contributed by atoms with E-state index < -0.39 is 0 Å². The van der Waals surface area contributed by atoms with Gasteiger partial charge in [-0.15, -0.1) is 0 Å². The van der Waals surface area contributed by atoms with Crippen molar-refractivity contribution < 1.29 is 0 Å². The molecule has 0 atom stereocenters. The predicted octanol–water partition coefficient (Wildman–Crippen LogP) is 3.59. The summed E-state index contributed by atoms with van der Waals surface area (Å²) in [6, 6.07) is 6.05. The number of nitriles is 1. The Hall–Kier alpha value is -0.330. The van der Waals surface area contributed by atoms with Crippen LogP contribution in [0.15, 0.2) is 21.1 Å². The van der Waals surface area contributed by atoms with Crippen LogP contribution in [0.3, 0.4) is 0 Å². The van der Waals surface area contributed by atoms with Crippen LogP contribution in [0.5, 0.6) is 0 Å². The number of halogens is 2. The van der Waals surface area contributed by atoms with Crippen LogP contribution in [-0.4, -0.2) is 0 Å². The van der Waals surface area contributed by atoms with Crippen molar-refractivity contribution in [3.63, 3.8) is 0 Å². The molecule has 0 aliphatic rings. The molecule has 0 aliphatic heterocycles. The largest absolute Gasteiger partial charge is 0.198 e. The lowest BCUT2D eigenvalue weighted by atomic mass is 10.1. The lowest BCUT2D eigenvalue weighted by Gasteiger charge is -2.05. The molecule has 0 spiro atoms. The molecular weight excluding hydrogens is 282 g/mol. The zero-order valence-corrected chi connectivity index (χ0v) is 9.74. The molecule has 0 N–H and O–H groups in total. The van der Waals surface area contributed by atoms with Gasteiger partial charge in [0.15, 0.2) is 0 Å². The van der Waals surface area contributed by atoms with E-state index in [-0.39, 0.29) is 0 Å². The molecule has 0 heterocycles. The third kappa shape index (κ3) is 1.88. The molecule has 1 aromatic rings. The van der Waals surface area contributed by atoms with Gasteiger partial charge in [0, 0.05) is 8.95 Å². The van der Waals surface area contributed by atoms with Gasteiger partial charge in [-0.3, -0.25) is 0 Å². The summed E-state index contributed by atoms with van der Waals surface area (Å²) in [5.74, 6) is 0. The third-order valence-electron chi connectivity index (χ3n) is 1.72. The van der Waals surface area contributed by atoms with E-state index >= 15 is 0 Å². The quantitative estimate of drug-likeness (QED) is 0.775. The van der Waals surface area contributed by atoms with Crippen molar-refractivity contribution >= 4 is 31.9 Å². The van der Waals surface area contributed by atoms with Crippen molar-refractivity contribution in [2.24, 2.45) is 0 Å². The first kappa shape index (κ1) is 9.76. The van der Waals surface area contributed by atoms with Gasteiger partial charge in [0.1, 0.15) is 0 Å². The summed E-state index contributed by atoms with van der Waals surface area (Å²) < 4.78 is 2.07. The topological polar surface area (TPSA) is 23.8 Å². The standard InChI is InChI=1S/C9H7Br2N/c1-6-7(4-5-12)2-3-8(10)9(6)11/h2-3H,4H2,1H3. The summed E-state index contributed by atoms with van der Waals surface area (Å²) in [4.78, 5) is 0. The summed E-state index contributed by atoms with van der Waals surface area (Å²) in [7, 11) is 0. The normalized spacial score (nSPS) is 9.50. The Morgan fingerprint density at radius 1 is 1.42 bits per heavy atom. The van der Waals surface area contributed by atoms with E-state index in [1.54, 1.807) is 0 Å². The molecule has 62 valence electrons. The second-order valence-corrected chi connectivity index (χ2v) is 4.13. The van der Waals surface area contributed by atoms with Crippen LogP contribution < -0.4 is 0 Å². The van der Waals surface area contributed by atoms with E-state index in [2.05, 4.69) is 37.9 Å². The average molecular weight is 289 g/mol. The van der Waals surface area contributed by atoms with Crippen molar-refractivity contribution in [3.8, 4) is 6.07 Å². The lowest BCUT2D eigenvalue weighted by Crippen LogP contribution is -1.88. The van der Waals surface area contributed by atoms with Crippen molar-refractivity contribution in [1.82, 2.24) is 0 Å². The molecular formula is C9H7Br2N. The molecule has 0 radical (unpaired) electrons. The SMILES string of the molecule is Cc1c(CC#N)ccc(Br)c1Br. The molecule has 0 amide bonds. The minimum atomic E-state index is 0.470. The summed E-state index contributed by atoms with van der Waals surface area (Å²) in [5, 5.41) is 8.53. The minimum absolute atomic E-state index is 0.470. The van der Waals surface area contributed by atoms with Gasteiger partial charge in [-0.25, -0.2) is 0 Å². The Kier molecular flexibility index (Phi) is 3.30. The van der Waals surface area contributed by atoms with Crippen LogP contribution in [0.2, 0.25) is 0 Å². The molecule has 0 aliphatic carbocycles. The zero-order chi connectivity index (χ0) is 9.14. The summed E-state index contributed by atoms with van der Waals surface area (Å²) in [6.45, 7) is 2.00. The zero-order valence-electron chi connectivity index (χ0n) is 6.56. The third-order valence-corrected chi connectivity index (χ3v) is 3.94. The Bertz CT molecular complexity index is 339. The van der Waals surface area contributed by atoms with Gasteiger partial charge in [-0.1, -0.05) is 6.07 Å². The van der Waals surface area contributed by atoms with Crippen LogP contribution in [0.1, 0.15) is 11.1 Å². The van der Waals surface area contributed by atoms with Crippen molar-refractivity contribution in [2.45, 2.75) is 13.3 Å². The van der Waals surface area contributed by atoms with Crippen molar-refractivity contribution in [2.75, 3.05) is 0 Å². The van der Waals surface area contributed by atoms with Gasteiger partial charge in [0.05, 0.1) is 12.5 Å². The number of benzene rings is 1. The highest BCUT2D eigenvalue weighted by atomic mass is 79.9. The van der Waals surface area contributed by atoms with E-state index in [4.69, 9.17) is 5.26 Å². The highest BCUT2D eigenvalue weighted by Crippen LogP contribution is 2.28. The van der Waals surface area contributed by atoms with E-state index in [9.17, 15) is 0 Å². The van der Waals surface area contributed by atoms with Gasteiger partial charge in [0.2, 0.25) is 0 Å². The van der Waals surface area contributed by atoms with Crippen molar-refractivity contribution in [3.05, 3.63) is 32.2 Å². The van der Waals surface area contributed by atoms with Gasteiger partial charge in [0.25, 0.3) is 0 Å². The Morgan fingerprint density at radius 2 is 2.08 bits per heavy atom. The van der Waals surface area contributed by atoms with Gasteiger partial charge >= 0.3 is 0 Å². The van der Waals surface area contributed by atoms with E-state index in [1.807, 2.05) is 19.1 Å². The Labute approximate surface area is 88.7 Å². The van der Waals surface area contributed by atoms with E-state index in [0.717, 1.165) is 20.1 Å². The highest BCUT2D eigenvalue weighted by Gasteiger charge is 2.04. The number of hydrogen-bond donors (Lipinski definition) is 0. The lowest BCUT2D eigenvalue weighted by molar-refractivity contribution is 1.20. The van der Waals surface area contributed by atoms with E-state index in [0.29, 0.717) is 6.42 Å². The number of nitrogens with zero attached hydrogens (tertiary/aromatic N) is 1. The first-order valence-corrected chi connectivity index (χ1v) is 5.06. The maximum atomic E-state index is 8.53. The molecule has 0 aromatic heterocycles. The highest BCUT2D eigenvalue weighted by molar-refractivity contribution is 9.13. The van der Waals surface area contributed by atoms with Crippen LogP contribution in [0.25, 0.3) is 0 Å². The van der Waals surface area contributed by atoms with Crippen LogP contribution in [0.4, 0.5) is 0 Å². The van der Waals surface area contributed by atoms with E-state index in [1.165, 1.54) is 0 Å². The molecule has 1 nitrogen and oxygen atoms in total. The summed E-state index contributed by atoms with van der Waals surface area (Å²) in [6.07, 6.45) is 0.470. The first-order chi connectivity index (χ1) is 5.66. The molecule has 0 fully saturated rings. The fraction of sp³-hybridized carbons (Fsp3) is 0.222. The minimum Gasteiger partial charge on any atom is -0.198 e. The molecule has 1 rings (SSSR count). The molecule has 0 bridgehead atoms. The van der Waals surface area contributed by atoms with Crippen LogP contribution in [-0.2, 0) is 6.42 Å². The second kappa shape index (κ2) is 4.06. The Balaban J connectivity index is 3.19. The Morgan fingerprint density at radius 3 is 2.67 bits per heavy atom. The molecule has 3 heteroatoms. The number of hydrogen-bond acceptors (Lipinski definition) is 1. The maximum absolute atomic E-state index is 8.53. The summed E-state index contributed by atoms with van der Waals surface area (Å²) >= 11 is 6.85. The predicted molar refractivity (Wildman–Crippen MR) is 55.9 cm³/mol. The van der Waals surface area contributed by atoms with Gasteiger partial charge < -0.3 is 0 Å². The molecule has 0 saturated carbocycles. The van der Waals surface area contributed by atoms with Crippen LogP contribution in [0, 0.1) is 18.3 Å². The molecule has 0 saturated heterocycles. The average Bonchev–Trinajstić information content (AvgIpc) is 2.07. The smallest absolute Gasteiger partial charge is 0.0669 e. The van der Waals surface area contributed by atoms with Crippen molar-refractivity contribution in [1.29, 1.82) is 5.26 Å². The maximum Gasteiger partial charge on any atom is 0.0669 e. The molecule has 1 aromatic carbocycles. The second-order valence-electron chi connectivity index (χ2n) is 2.48. The first-order valence-electron chi connectivity index (χ1n) is 3.47. The fourth-order valence-electron chi connectivity index (χ4n) is 0.969. The van der Waals surface area contributed by atoms with Gasteiger partial charge in [-0.05, 0) is 56.0 Å². The summed E-state index contributed by atoms with van der Waals surface area (Å²) in [5.41, 5.74) is 2.21. The number of rotatable bonds is 1. The monoisotopic (exact) mass is 287 g/mol. The molecule has 12 heavy (non-hydrogen) atoms.